The third-order valence-corrected chi connectivity index (χ3v) is 6.99. The summed E-state index contributed by atoms with van der Waals surface area (Å²) >= 11 is 0. The number of rotatable bonds is 9. The number of aliphatic hydroxyl groups excluding tert-OH is 1. The van der Waals surface area contributed by atoms with Gasteiger partial charge in [-0.1, -0.05) is 49.4 Å². The van der Waals surface area contributed by atoms with Gasteiger partial charge < -0.3 is 29.7 Å². The molecule has 4 aromatic rings. The van der Waals surface area contributed by atoms with Crippen molar-refractivity contribution in [2.75, 3.05) is 45.7 Å². The van der Waals surface area contributed by atoms with Crippen molar-refractivity contribution in [3.05, 3.63) is 119 Å². The molecule has 5 rings (SSSR count). The average Bonchev–Trinajstić information content (AvgIpc) is 3.02. The zero-order valence-electron chi connectivity index (χ0n) is 26.2. The number of ether oxygens (including phenoxy) is 2. The summed E-state index contributed by atoms with van der Waals surface area (Å²) in [4.78, 5) is 29.0. The molecule has 4 aromatic carbocycles. The van der Waals surface area contributed by atoms with Gasteiger partial charge in [-0.25, -0.2) is 8.78 Å². The standard InChI is InChI=1S/C21H23FN2O4.C15H16FNO/c1-14-12-24(9-10-25)21(27)17-3-2-4-18(20(17)28-13-14)23-19(26)11-15-5-7-16(22)8-6-15;1-17(2)11-12-7-9-13(10-8-12)18-15-6-4-3-5-14(15)16/h2-8,14,25H,9-13H2,1H3,(H,23,26);3-10H,11H2,1-2H3/t14-;/m1./s1. The summed E-state index contributed by atoms with van der Waals surface area (Å²) in [6.45, 7) is 3.82. The number of hydrogen-bond acceptors (Lipinski definition) is 6. The van der Waals surface area contributed by atoms with E-state index in [1.54, 1.807) is 53.4 Å². The maximum atomic E-state index is 13.4. The fraction of sp³-hybridized carbons (Fsp3) is 0.278. The Labute approximate surface area is 268 Å². The molecule has 1 heterocycles. The molecule has 242 valence electrons. The zero-order chi connectivity index (χ0) is 33.1. The summed E-state index contributed by atoms with van der Waals surface area (Å²) in [5, 5.41) is 12.0. The van der Waals surface area contributed by atoms with Gasteiger partial charge in [0, 0.05) is 25.6 Å². The summed E-state index contributed by atoms with van der Waals surface area (Å²) in [5.41, 5.74) is 2.63. The van der Waals surface area contributed by atoms with Crippen LogP contribution in [0.4, 0.5) is 14.5 Å². The minimum absolute atomic E-state index is 0.0743. The number of nitrogens with zero attached hydrogens (tertiary/aromatic N) is 2. The molecule has 1 aliphatic rings. The van der Waals surface area contributed by atoms with E-state index in [9.17, 15) is 23.5 Å². The van der Waals surface area contributed by atoms with Crippen molar-refractivity contribution in [3.63, 3.8) is 0 Å². The Bertz CT molecular complexity index is 1600. The predicted octanol–water partition coefficient (Wildman–Crippen LogP) is 6.15. The van der Waals surface area contributed by atoms with Crippen LogP contribution in [0.25, 0.3) is 0 Å². The van der Waals surface area contributed by atoms with Crippen molar-refractivity contribution in [3.8, 4) is 17.2 Å². The molecule has 46 heavy (non-hydrogen) atoms. The van der Waals surface area contributed by atoms with Crippen LogP contribution in [0.3, 0.4) is 0 Å². The molecule has 0 fully saturated rings. The Morgan fingerprint density at radius 2 is 1.67 bits per heavy atom. The van der Waals surface area contributed by atoms with Crippen LogP contribution >= 0.6 is 0 Å². The Kier molecular flexibility index (Phi) is 12.2. The van der Waals surface area contributed by atoms with Gasteiger partial charge in [0.05, 0.1) is 30.9 Å². The fourth-order valence-corrected chi connectivity index (χ4v) is 4.85. The SMILES string of the molecule is CN(C)Cc1ccc(Oc2ccccc2F)cc1.C[C@H]1COc2c(NC(=O)Cc3ccc(F)cc3)cccc2C(=O)N(CCO)C1. The first-order valence-electron chi connectivity index (χ1n) is 15.0. The molecule has 0 radical (unpaired) electrons. The van der Waals surface area contributed by atoms with Crippen LogP contribution in [0, 0.1) is 17.6 Å². The lowest BCUT2D eigenvalue weighted by Crippen LogP contribution is -2.40. The lowest BCUT2D eigenvalue weighted by atomic mass is 10.1. The molecule has 0 spiro atoms. The summed E-state index contributed by atoms with van der Waals surface area (Å²) in [7, 11) is 4.04. The van der Waals surface area contributed by atoms with Crippen LogP contribution in [-0.4, -0.2) is 67.1 Å². The van der Waals surface area contributed by atoms with Gasteiger partial charge in [-0.05, 0) is 73.8 Å². The van der Waals surface area contributed by atoms with Crippen molar-refractivity contribution >= 4 is 17.5 Å². The van der Waals surface area contributed by atoms with Crippen molar-refractivity contribution in [1.29, 1.82) is 0 Å². The quantitative estimate of drug-likeness (QED) is 0.230. The third kappa shape index (κ3) is 9.85. The summed E-state index contributed by atoms with van der Waals surface area (Å²) in [6, 6.07) is 24.8. The number of benzene rings is 4. The molecule has 0 saturated carbocycles. The average molecular weight is 632 g/mol. The van der Waals surface area contributed by atoms with Crippen molar-refractivity contribution in [2.24, 2.45) is 5.92 Å². The molecular weight excluding hydrogens is 592 g/mol. The Morgan fingerprint density at radius 1 is 0.978 bits per heavy atom. The molecule has 0 bridgehead atoms. The van der Waals surface area contributed by atoms with Gasteiger partial charge in [0.15, 0.2) is 17.3 Å². The van der Waals surface area contributed by atoms with E-state index in [1.165, 1.54) is 23.8 Å². The largest absolute Gasteiger partial charge is 0.490 e. The first-order chi connectivity index (χ1) is 22.1. The number of halogens is 2. The topological polar surface area (TPSA) is 91.3 Å². The molecular formula is C36H39F2N3O5. The van der Waals surface area contributed by atoms with E-state index in [-0.39, 0.29) is 54.7 Å². The number of hydrogen-bond donors (Lipinski definition) is 2. The first kappa shape index (κ1) is 34.1. The number of fused-ring (bicyclic) bond motifs is 1. The molecule has 8 nitrogen and oxygen atoms in total. The zero-order valence-corrected chi connectivity index (χ0v) is 26.2. The van der Waals surface area contributed by atoms with E-state index < -0.39 is 0 Å². The molecule has 1 atom stereocenters. The number of para-hydroxylation sites is 2. The molecule has 2 N–H and O–H groups in total. The van der Waals surface area contributed by atoms with E-state index in [0.29, 0.717) is 41.5 Å². The third-order valence-electron chi connectivity index (χ3n) is 6.99. The van der Waals surface area contributed by atoms with Crippen LogP contribution < -0.4 is 14.8 Å². The number of aliphatic hydroxyl groups is 1. The lowest BCUT2D eigenvalue weighted by Gasteiger charge is -2.30. The lowest BCUT2D eigenvalue weighted by molar-refractivity contribution is -0.115. The first-order valence-corrected chi connectivity index (χ1v) is 15.0. The van der Waals surface area contributed by atoms with Gasteiger partial charge in [0.1, 0.15) is 11.6 Å². The monoisotopic (exact) mass is 631 g/mol. The fourth-order valence-electron chi connectivity index (χ4n) is 4.85. The number of anilines is 1. The second kappa shape index (κ2) is 16.5. The maximum absolute atomic E-state index is 13.4. The van der Waals surface area contributed by atoms with Crippen LogP contribution in [0.2, 0.25) is 0 Å². The van der Waals surface area contributed by atoms with Crippen molar-refractivity contribution < 1.29 is 33.0 Å². The van der Waals surface area contributed by atoms with Crippen LogP contribution in [0.5, 0.6) is 17.2 Å². The molecule has 1 aliphatic heterocycles. The van der Waals surface area contributed by atoms with Crippen molar-refractivity contribution in [1.82, 2.24) is 9.80 Å². The van der Waals surface area contributed by atoms with Crippen molar-refractivity contribution in [2.45, 2.75) is 19.9 Å². The molecule has 0 aliphatic carbocycles. The Hall–Kier alpha value is -4.80. The van der Waals surface area contributed by atoms with Gasteiger partial charge in [-0.2, -0.15) is 0 Å². The minimum atomic E-state index is -0.359. The summed E-state index contributed by atoms with van der Waals surface area (Å²) in [6.07, 6.45) is 0.0743. The molecule has 0 saturated heterocycles. The highest BCUT2D eigenvalue weighted by molar-refractivity contribution is 6.01. The van der Waals surface area contributed by atoms with E-state index in [2.05, 4.69) is 10.2 Å². The van der Waals surface area contributed by atoms with Gasteiger partial charge in [-0.15, -0.1) is 0 Å². The van der Waals surface area contributed by atoms with Gasteiger partial charge in [-0.3, -0.25) is 9.59 Å². The number of nitrogens with one attached hydrogen (secondary N) is 1. The van der Waals surface area contributed by atoms with Crippen LogP contribution in [-0.2, 0) is 17.8 Å². The minimum Gasteiger partial charge on any atom is -0.490 e. The van der Waals surface area contributed by atoms with E-state index >= 15 is 0 Å². The highest BCUT2D eigenvalue weighted by Crippen LogP contribution is 2.32. The molecule has 0 aromatic heterocycles. The number of carbonyl (C=O) groups is 2. The van der Waals surface area contributed by atoms with Gasteiger partial charge in [0.2, 0.25) is 5.91 Å². The molecule has 2 amide bonds. The Morgan fingerprint density at radius 3 is 2.35 bits per heavy atom. The number of carbonyl (C=O) groups excluding carboxylic acids is 2. The van der Waals surface area contributed by atoms with Gasteiger partial charge >= 0.3 is 0 Å². The smallest absolute Gasteiger partial charge is 0.257 e. The van der Waals surface area contributed by atoms with E-state index in [0.717, 1.165) is 6.54 Å². The highest BCUT2D eigenvalue weighted by Gasteiger charge is 2.26. The maximum Gasteiger partial charge on any atom is 0.257 e. The summed E-state index contributed by atoms with van der Waals surface area (Å²) < 4.78 is 37.8. The second-order valence-electron chi connectivity index (χ2n) is 11.3. The van der Waals surface area contributed by atoms with Gasteiger partial charge in [0.25, 0.3) is 5.91 Å². The second-order valence-corrected chi connectivity index (χ2v) is 11.3. The number of amides is 2. The summed E-state index contributed by atoms with van der Waals surface area (Å²) in [5.74, 6) is 0.0436. The highest BCUT2D eigenvalue weighted by atomic mass is 19.1. The Balaban J connectivity index is 0.000000230. The molecule has 0 unspecified atom stereocenters. The molecule has 10 heteroatoms. The van der Waals surface area contributed by atoms with E-state index in [1.807, 2.05) is 45.3 Å². The van der Waals surface area contributed by atoms with Crippen LogP contribution in [0.1, 0.15) is 28.4 Å². The predicted molar refractivity (Wildman–Crippen MR) is 173 cm³/mol. The van der Waals surface area contributed by atoms with E-state index in [4.69, 9.17) is 9.47 Å². The number of β-amino-alcohol motifs (C(OH)–C–C–N with tert-alkyl or cyclic N) is 1. The van der Waals surface area contributed by atoms with Crippen LogP contribution in [0.15, 0.2) is 91.0 Å². The normalized spacial score (nSPS) is 14.3.